The lowest BCUT2D eigenvalue weighted by molar-refractivity contribution is -0.103. The maximum atomic E-state index is 12.7. The SMILES string of the molecule is CC1CCN(C(CNC(=O)N2CCC3(COC3)C2)c2ccccc2)CC1. The van der Waals surface area contributed by atoms with Gasteiger partial charge in [-0.05, 0) is 43.8 Å². The van der Waals surface area contributed by atoms with Gasteiger partial charge < -0.3 is 15.0 Å². The van der Waals surface area contributed by atoms with Crippen molar-refractivity contribution in [3.63, 3.8) is 0 Å². The van der Waals surface area contributed by atoms with Crippen LogP contribution in [0.5, 0.6) is 0 Å². The van der Waals surface area contributed by atoms with Gasteiger partial charge in [-0.3, -0.25) is 4.90 Å². The van der Waals surface area contributed by atoms with Crippen LogP contribution in [-0.4, -0.2) is 61.8 Å². The van der Waals surface area contributed by atoms with Gasteiger partial charge in [-0.15, -0.1) is 0 Å². The number of hydrogen-bond donors (Lipinski definition) is 1. The Hall–Kier alpha value is -1.59. The number of amides is 2. The number of carbonyl (C=O) groups excluding carboxylic acids is 1. The third-order valence-corrected chi connectivity index (χ3v) is 6.43. The highest BCUT2D eigenvalue weighted by Crippen LogP contribution is 2.37. The molecule has 5 heteroatoms. The van der Waals surface area contributed by atoms with Crippen molar-refractivity contribution in [1.82, 2.24) is 15.1 Å². The van der Waals surface area contributed by atoms with Crippen molar-refractivity contribution in [3.05, 3.63) is 35.9 Å². The molecule has 4 rings (SSSR count). The molecule has 3 aliphatic rings. The normalized spacial score (nSPS) is 24.4. The zero-order chi connectivity index (χ0) is 18.0. The molecule has 1 aromatic rings. The summed E-state index contributed by atoms with van der Waals surface area (Å²) in [5.41, 5.74) is 1.55. The minimum Gasteiger partial charge on any atom is -0.380 e. The van der Waals surface area contributed by atoms with Gasteiger partial charge in [-0.2, -0.15) is 0 Å². The van der Waals surface area contributed by atoms with Crippen LogP contribution < -0.4 is 5.32 Å². The molecule has 1 unspecified atom stereocenters. The minimum absolute atomic E-state index is 0.0834. The number of piperidine rings is 1. The molecule has 5 nitrogen and oxygen atoms in total. The first kappa shape index (κ1) is 17.8. The zero-order valence-corrected chi connectivity index (χ0v) is 15.8. The van der Waals surface area contributed by atoms with Gasteiger partial charge in [0.25, 0.3) is 0 Å². The van der Waals surface area contributed by atoms with Crippen molar-refractivity contribution in [3.8, 4) is 0 Å². The lowest BCUT2D eigenvalue weighted by atomic mass is 9.85. The van der Waals surface area contributed by atoms with Crippen molar-refractivity contribution in [2.45, 2.75) is 32.2 Å². The summed E-state index contributed by atoms with van der Waals surface area (Å²) in [6.07, 6.45) is 3.56. The summed E-state index contributed by atoms with van der Waals surface area (Å²) >= 11 is 0. The van der Waals surface area contributed by atoms with E-state index in [0.29, 0.717) is 6.54 Å². The second-order valence-corrected chi connectivity index (χ2v) is 8.50. The van der Waals surface area contributed by atoms with Gasteiger partial charge in [0, 0.05) is 25.0 Å². The van der Waals surface area contributed by atoms with E-state index < -0.39 is 0 Å². The van der Waals surface area contributed by atoms with Crippen LogP contribution in [0.2, 0.25) is 0 Å². The molecule has 3 fully saturated rings. The van der Waals surface area contributed by atoms with E-state index in [2.05, 4.69) is 47.5 Å². The van der Waals surface area contributed by atoms with Crippen LogP contribution in [0.25, 0.3) is 0 Å². The third kappa shape index (κ3) is 3.74. The van der Waals surface area contributed by atoms with E-state index in [-0.39, 0.29) is 17.5 Å². The summed E-state index contributed by atoms with van der Waals surface area (Å²) in [5, 5.41) is 3.22. The Morgan fingerprint density at radius 1 is 1.23 bits per heavy atom. The van der Waals surface area contributed by atoms with Gasteiger partial charge in [0.2, 0.25) is 0 Å². The predicted molar refractivity (Wildman–Crippen MR) is 102 cm³/mol. The molecule has 1 aromatic carbocycles. The monoisotopic (exact) mass is 357 g/mol. The van der Waals surface area contributed by atoms with Crippen molar-refractivity contribution in [2.75, 3.05) is 45.9 Å². The van der Waals surface area contributed by atoms with Crippen LogP contribution in [0.4, 0.5) is 4.79 Å². The Bertz CT molecular complexity index is 609. The Balaban J connectivity index is 1.38. The van der Waals surface area contributed by atoms with Crippen LogP contribution in [0.1, 0.15) is 37.8 Å². The highest BCUT2D eigenvalue weighted by atomic mass is 16.5. The molecule has 26 heavy (non-hydrogen) atoms. The fourth-order valence-corrected chi connectivity index (χ4v) is 4.50. The fourth-order valence-electron chi connectivity index (χ4n) is 4.50. The van der Waals surface area contributed by atoms with Gasteiger partial charge in [0.05, 0.1) is 19.3 Å². The molecule has 1 spiro atoms. The summed E-state index contributed by atoms with van der Waals surface area (Å²) in [4.78, 5) is 17.2. The molecule has 1 N–H and O–H groups in total. The molecule has 3 saturated heterocycles. The Morgan fingerprint density at radius 2 is 1.96 bits per heavy atom. The molecular weight excluding hydrogens is 326 g/mol. The Kier molecular flexibility index (Phi) is 5.18. The van der Waals surface area contributed by atoms with Crippen LogP contribution >= 0.6 is 0 Å². The number of ether oxygens (including phenoxy) is 1. The van der Waals surface area contributed by atoms with E-state index in [1.54, 1.807) is 0 Å². The van der Waals surface area contributed by atoms with Gasteiger partial charge in [0.15, 0.2) is 0 Å². The van der Waals surface area contributed by atoms with E-state index >= 15 is 0 Å². The maximum Gasteiger partial charge on any atom is 0.317 e. The number of carbonyl (C=O) groups is 1. The largest absolute Gasteiger partial charge is 0.380 e. The molecule has 0 aromatic heterocycles. The van der Waals surface area contributed by atoms with E-state index in [9.17, 15) is 4.79 Å². The third-order valence-electron chi connectivity index (χ3n) is 6.43. The van der Waals surface area contributed by atoms with Crippen LogP contribution in [0.3, 0.4) is 0 Å². The van der Waals surface area contributed by atoms with Gasteiger partial charge >= 0.3 is 6.03 Å². The average Bonchev–Trinajstić information content (AvgIpc) is 3.10. The van der Waals surface area contributed by atoms with E-state index in [4.69, 9.17) is 4.74 Å². The molecular formula is C21H31N3O2. The first-order valence-electron chi connectivity index (χ1n) is 10.0. The average molecular weight is 357 g/mol. The molecule has 0 aliphatic carbocycles. The lowest BCUT2D eigenvalue weighted by Gasteiger charge is -2.38. The van der Waals surface area contributed by atoms with Gasteiger partial charge in [-0.1, -0.05) is 37.3 Å². The van der Waals surface area contributed by atoms with Crippen molar-refractivity contribution < 1.29 is 9.53 Å². The second kappa shape index (κ2) is 7.57. The summed E-state index contributed by atoms with van der Waals surface area (Å²) in [7, 11) is 0. The van der Waals surface area contributed by atoms with Gasteiger partial charge in [0.1, 0.15) is 0 Å². The Labute approximate surface area is 156 Å². The predicted octanol–water partition coefficient (Wildman–Crippen LogP) is 2.89. The molecule has 0 radical (unpaired) electrons. The van der Waals surface area contributed by atoms with Crippen molar-refractivity contribution in [1.29, 1.82) is 0 Å². The van der Waals surface area contributed by atoms with Crippen LogP contribution in [0.15, 0.2) is 30.3 Å². The number of nitrogens with one attached hydrogen (secondary N) is 1. The summed E-state index contributed by atoms with van der Waals surface area (Å²) in [6, 6.07) is 11.0. The molecule has 0 bridgehead atoms. The number of nitrogens with zero attached hydrogens (tertiary/aromatic N) is 2. The summed E-state index contributed by atoms with van der Waals surface area (Å²) in [5.74, 6) is 0.808. The minimum atomic E-state index is 0.0834. The Morgan fingerprint density at radius 3 is 2.58 bits per heavy atom. The van der Waals surface area contributed by atoms with Crippen molar-refractivity contribution in [2.24, 2.45) is 11.3 Å². The highest BCUT2D eigenvalue weighted by molar-refractivity contribution is 5.74. The first-order valence-corrected chi connectivity index (χ1v) is 10.0. The number of urea groups is 1. The molecule has 3 heterocycles. The molecule has 2 amide bonds. The highest BCUT2D eigenvalue weighted by Gasteiger charge is 2.45. The topological polar surface area (TPSA) is 44.8 Å². The standard InChI is InChI=1S/C21H31N3O2/c1-17-7-10-23(11-8-17)19(18-5-3-2-4-6-18)13-22-20(25)24-12-9-21(14-24)15-26-16-21/h2-6,17,19H,7-16H2,1H3,(H,22,25). The molecule has 1 atom stereocenters. The smallest absolute Gasteiger partial charge is 0.317 e. The number of benzene rings is 1. The fraction of sp³-hybridized carbons (Fsp3) is 0.667. The maximum absolute atomic E-state index is 12.7. The number of likely N-dealkylation sites (tertiary alicyclic amines) is 2. The van der Waals surface area contributed by atoms with Gasteiger partial charge in [-0.25, -0.2) is 4.79 Å². The summed E-state index contributed by atoms with van der Waals surface area (Å²) < 4.78 is 5.37. The molecule has 142 valence electrons. The van der Waals surface area contributed by atoms with Crippen LogP contribution in [0, 0.1) is 11.3 Å². The summed E-state index contributed by atoms with van der Waals surface area (Å²) in [6.45, 7) is 8.57. The number of rotatable bonds is 4. The van der Waals surface area contributed by atoms with E-state index in [1.165, 1.54) is 18.4 Å². The zero-order valence-electron chi connectivity index (χ0n) is 15.8. The first-order chi connectivity index (χ1) is 12.7. The van der Waals surface area contributed by atoms with Crippen LogP contribution in [-0.2, 0) is 4.74 Å². The van der Waals surface area contributed by atoms with E-state index in [0.717, 1.165) is 51.7 Å². The van der Waals surface area contributed by atoms with E-state index in [1.807, 2.05) is 4.90 Å². The quantitative estimate of drug-likeness (QED) is 0.901. The number of hydrogen-bond acceptors (Lipinski definition) is 3. The second-order valence-electron chi connectivity index (χ2n) is 8.50. The lowest BCUT2D eigenvalue weighted by Crippen LogP contribution is -2.48. The van der Waals surface area contributed by atoms with Crippen molar-refractivity contribution >= 4 is 6.03 Å². The molecule has 0 saturated carbocycles. The molecule has 3 aliphatic heterocycles.